The number of thioether (sulfide) groups is 1. The molecule has 0 aliphatic carbocycles. The SMILES string of the molecule is O=C(O)CC1SCC(Cc2ccccc2)OC1=O. The Labute approximate surface area is 109 Å². The van der Waals surface area contributed by atoms with Crippen LogP contribution >= 0.6 is 11.8 Å². The van der Waals surface area contributed by atoms with Gasteiger partial charge in [-0.25, -0.2) is 0 Å². The topological polar surface area (TPSA) is 63.6 Å². The number of carbonyl (C=O) groups is 2. The molecular formula is C13H14O4S. The molecule has 1 aliphatic heterocycles. The molecule has 96 valence electrons. The van der Waals surface area contributed by atoms with Crippen molar-refractivity contribution in [2.45, 2.75) is 24.2 Å². The van der Waals surface area contributed by atoms with Gasteiger partial charge in [0, 0.05) is 12.2 Å². The third kappa shape index (κ3) is 3.50. The lowest BCUT2D eigenvalue weighted by atomic mass is 10.1. The normalized spacial score (nSPS) is 23.4. The van der Waals surface area contributed by atoms with Crippen molar-refractivity contribution in [1.82, 2.24) is 0 Å². The van der Waals surface area contributed by atoms with E-state index in [2.05, 4.69) is 0 Å². The Morgan fingerprint density at radius 3 is 2.72 bits per heavy atom. The molecular weight excluding hydrogens is 252 g/mol. The number of hydrogen-bond donors (Lipinski definition) is 1. The molecule has 0 saturated carbocycles. The molecule has 0 bridgehead atoms. The molecule has 1 N–H and O–H groups in total. The number of ether oxygens (including phenoxy) is 1. The third-order valence-corrected chi connectivity index (χ3v) is 4.02. The van der Waals surface area contributed by atoms with Gasteiger partial charge < -0.3 is 9.84 Å². The van der Waals surface area contributed by atoms with Crippen LogP contribution in [0, 0.1) is 0 Å². The number of cyclic esters (lactones) is 1. The lowest BCUT2D eigenvalue weighted by Crippen LogP contribution is -2.36. The van der Waals surface area contributed by atoms with E-state index in [9.17, 15) is 9.59 Å². The van der Waals surface area contributed by atoms with Crippen LogP contribution in [0.1, 0.15) is 12.0 Å². The summed E-state index contributed by atoms with van der Waals surface area (Å²) in [4.78, 5) is 22.2. The first-order chi connectivity index (χ1) is 8.65. The third-order valence-electron chi connectivity index (χ3n) is 2.70. The molecule has 0 spiro atoms. The summed E-state index contributed by atoms with van der Waals surface area (Å²) in [5, 5.41) is 8.10. The fourth-order valence-electron chi connectivity index (χ4n) is 1.84. The summed E-state index contributed by atoms with van der Waals surface area (Å²) < 4.78 is 5.28. The van der Waals surface area contributed by atoms with Crippen molar-refractivity contribution in [1.29, 1.82) is 0 Å². The van der Waals surface area contributed by atoms with Crippen molar-refractivity contribution < 1.29 is 19.4 Å². The van der Waals surface area contributed by atoms with Crippen molar-refractivity contribution in [2.24, 2.45) is 0 Å². The first kappa shape index (κ1) is 13.0. The molecule has 1 aliphatic rings. The van der Waals surface area contributed by atoms with Crippen molar-refractivity contribution >= 4 is 23.7 Å². The zero-order chi connectivity index (χ0) is 13.0. The van der Waals surface area contributed by atoms with E-state index in [1.165, 1.54) is 11.8 Å². The molecule has 1 aromatic carbocycles. The van der Waals surface area contributed by atoms with Gasteiger partial charge in [0.2, 0.25) is 0 Å². The molecule has 0 aromatic heterocycles. The molecule has 1 heterocycles. The maximum atomic E-state index is 11.6. The number of carboxylic acid groups (broad SMARTS) is 1. The molecule has 0 radical (unpaired) electrons. The van der Waals surface area contributed by atoms with Gasteiger partial charge in [0.05, 0.1) is 6.42 Å². The Bertz CT molecular complexity index is 432. The lowest BCUT2D eigenvalue weighted by molar-refractivity contribution is -0.151. The maximum Gasteiger partial charge on any atom is 0.319 e. The fourth-order valence-corrected chi connectivity index (χ4v) is 2.93. The minimum Gasteiger partial charge on any atom is -0.481 e. The van der Waals surface area contributed by atoms with Gasteiger partial charge in [0.25, 0.3) is 0 Å². The first-order valence-electron chi connectivity index (χ1n) is 5.73. The summed E-state index contributed by atoms with van der Waals surface area (Å²) >= 11 is 1.37. The van der Waals surface area contributed by atoms with E-state index in [1.807, 2.05) is 30.3 Å². The number of esters is 1. The van der Waals surface area contributed by atoms with Gasteiger partial charge in [-0.2, -0.15) is 0 Å². The van der Waals surface area contributed by atoms with Crippen LogP contribution in [0.25, 0.3) is 0 Å². The van der Waals surface area contributed by atoms with Crippen molar-refractivity contribution in [3.05, 3.63) is 35.9 Å². The monoisotopic (exact) mass is 266 g/mol. The molecule has 1 aromatic rings. The van der Waals surface area contributed by atoms with Crippen LogP contribution in [0.15, 0.2) is 30.3 Å². The van der Waals surface area contributed by atoms with E-state index in [1.54, 1.807) is 0 Å². The van der Waals surface area contributed by atoms with Gasteiger partial charge in [0.15, 0.2) is 0 Å². The van der Waals surface area contributed by atoms with Gasteiger partial charge in [-0.3, -0.25) is 9.59 Å². The van der Waals surface area contributed by atoms with Gasteiger partial charge in [0.1, 0.15) is 11.4 Å². The quantitative estimate of drug-likeness (QED) is 0.841. The highest BCUT2D eigenvalue weighted by atomic mass is 32.2. The van der Waals surface area contributed by atoms with Crippen LogP contribution in [0.3, 0.4) is 0 Å². The molecule has 4 nitrogen and oxygen atoms in total. The summed E-state index contributed by atoms with van der Waals surface area (Å²) in [6.07, 6.45) is 0.357. The fraction of sp³-hybridized carbons (Fsp3) is 0.385. The number of aliphatic carboxylic acids is 1. The highest BCUT2D eigenvalue weighted by Crippen LogP contribution is 2.26. The molecule has 2 rings (SSSR count). The number of rotatable bonds is 4. The molecule has 1 fully saturated rings. The van der Waals surface area contributed by atoms with Crippen LogP contribution in [0.2, 0.25) is 0 Å². The molecule has 0 amide bonds. The molecule has 1 saturated heterocycles. The van der Waals surface area contributed by atoms with Crippen molar-refractivity contribution in [3.8, 4) is 0 Å². The molecule has 5 heteroatoms. The zero-order valence-corrected chi connectivity index (χ0v) is 10.6. The largest absolute Gasteiger partial charge is 0.481 e. The minimum atomic E-state index is -0.967. The molecule has 2 atom stereocenters. The lowest BCUT2D eigenvalue weighted by Gasteiger charge is -2.27. The Morgan fingerprint density at radius 2 is 2.11 bits per heavy atom. The number of carboxylic acids is 1. The number of hydrogen-bond acceptors (Lipinski definition) is 4. The summed E-state index contributed by atoms with van der Waals surface area (Å²) in [6, 6.07) is 9.80. The Morgan fingerprint density at radius 1 is 1.39 bits per heavy atom. The average molecular weight is 266 g/mol. The number of carbonyl (C=O) groups excluding carboxylic acids is 1. The Kier molecular flexibility index (Phi) is 4.25. The predicted molar refractivity (Wildman–Crippen MR) is 68.5 cm³/mol. The average Bonchev–Trinajstić information content (AvgIpc) is 2.33. The predicted octanol–water partition coefficient (Wildman–Crippen LogP) is 1.73. The van der Waals surface area contributed by atoms with E-state index in [-0.39, 0.29) is 12.5 Å². The smallest absolute Gasteiger partial charge is 0.319 e. The van der Waals surface area contributed by atoms with Crippen LogP contribution in [0.5, 0.6) is 0 Å². The Hall–Kier alpha value is -1.49. The summed E-state index contributed by atoms with van der Waals surface area (Å²) in [5.74, 6) is -0.723. The molecule has 18 heavy (non-hydrogen) atoms. The van der Waals surface area contributed by atoms with Gasteiger partial charge in [-0.15, -0.1) is 11.8 Å². The first-order valence-corrected chi connectivity index (χ1v) is 6.78. The second-order valence-electron chi connectivity index (χ2n) is 4.17. The highest BCUT2D eigenvalue weighted by Gasteiger charge is 2.32. The summed E-state index contributed by atoms with van der Waals surface area (Å²) in [6.45, 7) is 0. The highest BCUT2D eigenvalue weighted by molar-refractivity contribution is 8.00. The van der Waals surface area contributed by atoms with Crippen molar-refractivity contribution in [3.63, 3.8) is 0 Å². The van der Waals surface area contributed by atoms with Crippen LogP contribution in [-0.4, -0.2) is 34.2 Å². The minimum absolute atomic E-state index is 0.157. The second-order valence-corrected chi connectivity index (χ2v) is 5.40. The van der Waals surface area contributed by atoms with Gasteiger partial charge >= 0.3 is 11.9 Å². The van der Waals surface area contributed by atoms with E-state index in [0.29, 0.717) is 12.2 Å². The second kappa shape index (κ2) is 5.91. The van der Waals surface area contributed by atoms with Crippen LogP contribution in [0.4, 0.5) is 0 Å². The van der Waals surface area contributed by atoms with E-state index < -0.39 is 17.2 Å². The van der Waals surface area contributed by atoms with E-state index >= 15 is 0 Å². The summed E-state index contributed by atoms with van der Waals surface area (Å²) in [7, 11) is 0. The standard InChI is InChI=1S/C13H14O4S/c14-12(15)7-11-13(16)17-10(8-18-11)6-9-4-2-1-3-5-9/h1-5,10-11H,6-8H2,(H,14,15). The maximum absolute atomic E-state index is 11.6. The van der Waals surface area contributed by atoms with Crippen LogP contribution in [-0.2, 0) is 20.7 Å². The van der Waals surface area contributed by atoms with Gasteiger partial charge in [-0.05, 0) is 5.56 Å². The Balaban J connectivity index is 1.88. The van der Waals surface area contributed by atoms with E-state index in [0.717, 1.165) is 5.56 Å². The van der Waals surface area contributed by atoms with Crippen molar-refractivity contribution in [2.75, 3.05) is 5.75 Å². The number of benzene rings is 1. The molecule has 2 unspecified atom stereocenters. The van der Waals surface area contributed by atoms with Crippen LogP contribution < -0.4 is 0 Å². The van der Waals surface area contributed by atoms with E-state index in [4.69, 9.17) is 9.84 Å². The summed E-state index contributed by atoms with van der Waals surface area (Å²) in [5.41, 5.74) is 1.12. The van der Waals surface area contributed by atoms with Gasteiger partial charge in [-0.1, -0.05) is 30.3 Å². The zero-order valence-electron chi connectivity index (χ0n) is 9.74.